The Labute approximate surface area is 146 Å². The number of aromatic nitrogens is 1. The molecule has 0 spiro atoms. The normalized spacial score (nSPS) is 10.3. The lowest BCUT2D eigenvalue weighted by atomic mass is 10.2. The predicted octanol–water partition coefficient (Wildman–Crippen LogP) is 3.42. The zero-order valence-corrected chi connectivity index (χ0v) is 14.4. The number of pyridine rings is 1. The summed E-state index contributed by atoms with van der Waals surface area (Å²) in [7, 11) is 3.31. The summed E-state index contributed by atoms with van der Waals surface area (Å²) in [4.78, 5) is 17.9. The zero-order valence-electron chi connectivity index (χ0n) is 13.7. The second-order valence-corrected chi connectivity index (χ2v) is 5.51. The summed E-state index contributed by atoms with van der Waals surface area (Å²) in [6.07, 6.45) is 1.55. The van der Waals surface area contributed by atoms with E-state index in [2.05, 4.69) is 10.3 Å². The first-order valence-corrected chi connectivity index (χ1v) is 7.81. The standard InChI is InChI=1S/C17H20ClN3O3/c1-21(12-13-5-3-4-6-15(13)18)17(22)20-14-7-8-16(19-11-14)24-10-9-23-2/h3-8,11H,9-10,12H2,1-2H3,(H,20,22). The van der Waals surface area contributed by atoms with E-state index in [9.17, 15) is 4.79 Å². The molecule has 7 heteroatoms. The van der Waals surface area contributed by atoms with Crippen LogP contribution < -0.4 is 10.1 Å². The average molecular weight is 350 g/mol. The number of rotatable bonds is 7. The maximum Gasteiger partial charge on any atom is 0.321 e. The molecule has 0 aliphatic heterocycles. The van der Waals surface area contributed by atoms with Crippen molar-refractivity contribution in [1.29, 1.82) is 0 Å². The fraction of sp³-hybridized carbons (Fsp3) is 0.294. The van der Waals surface area contributed by atoms with Crippen molar-refractivity contribution in [2.45, 2.75) is 6.54 Å². The predicted molar refractivity (Wildman–Crippen MR) is 93.5 cm³/mol. The number of carbonyl (C=O) groups excluding carboxylic acids is 1. The molecule has 1 aromatic heterocycles. The number of hydrogen-bond acceptors (Lipinski definition) is 4. The van der Waals surface area contributed by atoms with Crippen LogP contribution in [0.5, 0.6) is 5.88 Å². The van der Waals surface area contributed by atoms with E-state index in [0.29, 0.717) is 36.3 Å². The summed E-state index contributed by atoms with van der Waals surface area (Å²) in [6.45, 7) is 1.33. The highest BCUT2D eigenvalue weighted by Gasteiger charge is 2.11. The topological polar surface area (TPSA) is 63.7 Å². The van der Waals surface area contributed by atoms with Gasteiger partial charge in [0, 0.05) is 31.8 Å². The number of amides is 2. The maximum atomic E-state index is 12.2. The fourth-order valence-corrected chi connectivity index (χ4v) is 2.14. The summed E-state index contributed by atoms with van der Waals surface area (Å²) < 4.78 is 10.3. The average Bonchev–Trinajstić information content (AvgIpc) is 2.58. The second kappa shape index (κ2) is 9.10. The molecular weight excluding hydrogens is 330 g/mol. The first kappa shape index (κ1) is 18.0. The molecule has 2 aromatic rings. The van der Waals surface area contributed by atoms with Crippen LogP contribution in [0.15, 0.2) is 42.6 Å². The lowest BCUT2D eigenvalue weighted by molar-refractivity contribution is 0.144. The van der Waals surface area contributed by atoms with Crippen LogP contribution in [0.2, 0.25) is 5.02 Å². The molecule has 0 aliphatic carbocycles. The van der Waals surface area contributed by atoms with Crippen molar-refractivity contribution in [3.8, 4) is 5.88 Å². The molecule has 6 nitrogen and oxygen atoms in total. The van der Waals surface area contributed by atoms with Crippen LogP contribution in [0.1, 0.15) is 5.56 Å². The van der Waals surface area contributed by atoms with Gasteiger partial charge in [-0.3, -0.25) is 0 Å². The van der Waals surface area contributed by atoms with Gasteiger partial charge >= 0.3 is 6.03 Å². The molecular formula is C17H20ClN3O3. The first-order chi connectivity index (χ1) is 11.6. The van der Waals surface area contributed by atoms with Gasteiger partial charge in [-0.1, -0.05) is 29.8 Å². The third kappa shape index (κ3) is 5.40. The van der Waals surface area contributed by atoms with E-state index in [-0.39, 0.29) is 6.03 Å². The zero-order chi connectivity index (χ0) is 17.4. The fourth-order valence-electron chi connectivity index (χ4n) is 1.94. The molecule has 24 heavy (non-hydrogen) atoms. The van der Waals surface area contributed by atoms with Gasteiger partial charge in [-0.25, -0.2) is 9.78 Å². The Morgan fingerprint density at radius 3 is 2.71 bits per heavy atom. The Morgan fingerprint density at radius 1 is 1.25 bits per heavy atom. The lowest BCUT2D eigenvalue weighted by Gasteiger charge is -2.18. The summed E-state index contributed by atoms with van der Waals surface area (Å²) in [5, 5.41) is 3.41. The number of anilines is 1. The molecule has 0 fully saturated rings. The molecule has 0 atom stereocenters. The molecule has 1 heterocycles. The van der Waals surface area contributed by atoms with Crippen LogP contribution in [0.3, 0.4) is 0 Å². The molecule has 2 amide bonds. The number of carbonyl (C=O) groups is 1. The van der Waals surface area contributed by atoms with Gasteiger partial charge in [0.1, 0.15) is 6.61 Å². The second-order valence-electron chi connectivity index (χ2n) is 5.10. The van der Waals surface area contributed by atoms with Crippen molar-refractivity contribution in [1.82, 2.24) is 9.88 Å². The van der Waals surface area contributed by atoms with Gasteiger partial charge in [0.15, 0.2) is 0 Å². The van der Waals surface area contributed by atoms with Crippen molar-refractivity contribution >= 4 is 23.3 Å². The molecule has 0 saturated carbocycles. The number of methoxy groups -OCH3 is 1. The SMILES string of the molecule is COCCOc1ccc(NC(=O)N(C)Cc2ccccc2Cl)cn1. The Bertz CT molecular complexity index is 664. The molecule has 128 valence electrons. The minimum Gasteiger partial charge on any atom is -0.475 e. The van der Waals surface area contributed by atoms with Gasteiger partial charge in [0.05, 0.1) is 18.5 Å². The van der Waals surface area contributed by atoms with Crippen LogP contribution in [-0.4, -0.2) is 43.3 Å². The van der Waals surface area contributed by atoms with E-state index in [1.165, 1.54) is 0 Å². The highest BCUT2D eigenvalue weighted by atomic mass is 35.5. The van der Waals surface area contributed by atoms with Crippen molar-refractivity contribution in [3.05, 3.63) is 53.2 Å². The maximum absolute atomic E-state index is 12.2. The smallest absolute Gasteiger partial charge is 0.321 e. The largest absolute Gasteiger partial charge is 0.475 e. The highest BCUT2D eigenvalue weighted by Crippen LogP contribution is 2.17. The van der Waals surface area contributed by atoms with Gasteiger partial charge in [-0.15, -0.1) is 0 Å². The monoisotopic (exact) mass is 349 g/mol. The Balaban J connectivity index is 1.88. The van der Waals surface area contributed by atoms with Crippen molar-refractivity contribution in [2.75, 3.05) is 32.7 Å². The Hall–Kier alpha value is -2.31. The summed E-state index contributed by atoms with van der Waals surface area (Å²) >= 11 is 6.11. The molecule has 0 aliphatic rings. The van der Waals surface area contributed by atoms with Gasteiger partial charge in [0.25, 0.3) is 0 Å². The number of benzene rings is 1. The molecule has 1 aromatic carbocycles. The van der Waals surface area contributed by atoms with Gasteiger partial charge < -0.3 is 19.7 Å². The summed E-state index contributed by atoms with van der Waals surface area (Å²) in [5.74, 6) is 0.481. The van der Waals surface area contributed by atoms with Crippen LogP contribution in [0, 0.1) is 0 Å². The number of nitrogens with one attached hydrogen (secondary N) is 1. The van der Waals surface area contributed by atoms with Crippen molar-refractivity contribution in [2.24, 2.45) is 0 Å². The van der Waals surface area contributed by atoms with Gasteiger partial charge in [-0.05, 0) is 17.7 Å². The highest BCUT2D eigenvalue weighted by molar-refractivity contribution is 6.31. The van der Waals surface area contributed by atoms with Crippen LogP contribution >= 0.6 is 11.6 Å². The van der Waals surface area contributed by atoms with E-state index in [1.54, 1.807) is 43.5 Å². The molecule has 0 bridgehead atoms. The Kier molecular flexibility index (Phi) is 6.84. The third-order valence-electron chi connectivity index (χ3n) is 3.24. The van der Waals surface area contributed by atoms with E-state index >= 15 is 0 Å². The van der Waals surface area contributed by atoms with E-state index in [4.69, 9.17) is 21.1 Å². The number of ether oxygens (including phenoxy) is 2. The van der Waals surface area contributed by atoms with E-state index < -0.39 is 0 Å². The van der Waals surface area contributed by atoms with E-state index in [0.717, 1.165) is 5.56 Å². The van der Waals surface area contributed by atoms with Gasteiger partial charge in [0.2, 0.25) is 5.88 Å². The van der Waals surface area contributed by atoms with Crippen LogP contribution in [0.4, 0.5) is 10.5 Å². The minimum absolute atomic E-state index is 0.246. The molecule has 2 rings (SSSR count). The number of nitrogens with zero attached hydrogens (tertiary/aromatic N) is 2. The minimum atomic E-state index is -0.246. The third-order valence-corrected chi connectivity index (χ3v) is 3.61. The van der Waals surface area contributed by atoms with Crippen molar-refractivity contribution in [3.63, 3.8) is 0 Å². The van der Waals surface area contributed by atoms with E-state index in [1.807, 2.05) is 18.2 Å². The van der Waals surface area contributed by atoms with Crippen LogP contribution in [0.25, 0.3) is 0 Å². The van der Waals surface area contributed by atoms with Crippen LogP contribution in [-0.2, 0) is 11.3 Å². The molecule has 0 saturated heterocycles. The molecule has 0 unspecified atom stereocenters. The number of halogens is 1. The first-order valence-electron chi connectivity index (χ1n) is 7.43. The number of hydrogen-bond donors (Lipinski definition) is 1. The quantitative estimate of drug-likeness (QED) is 0.778. The lowest BCUT2D eigenvalue weighted by Crippen LogP contribution is -2.30. The molecule has 0 radical (unpaired) electrons. The number of urea groups is 1. The van der Waals surface area contributed by atoms with Crippen molar-refractivity contribution < 1.29 is 14.3 Å². The summed E-state index contributed by atoms with van der Waals surface area (Å²) in [6, 6.07) is 10.6. The van der Waals surface area contributed by atoms with Gasteiger partial charge in [-0.2, -0.15) is 0 Å². The molecule has 1 N–H and O–H groups in total. The Morgan fingerprint density at radius 2 is 2.04 bits per heavy atom. The summed E-state index contributed by atoms with van der Waals surface area (Å²) in [5.41, 5.74) is 1.47.